The topological polar surface area (TPSA) is 66.0 Å². The van der Waals surface area contributed by atoms with Gasteiger partial charge in [0.2, 0.25) is 0 Å². The van der Waals surface area contributed by atoms with Crippen LogP contribution >= 0.6 is 11.3 Å². The quantitative estimate of drug-likeness (QED) is 0.598. The van der Waals surface area contributed by atoms with Crippen molar-refractivity contribution in [3.63, 3.8) is 0 Å². The van der Waals surface area contributed by atoms with Crippen LogP contribution in [0, 0.1) is 0 Å². The molecule has 1 aromatic carbocycles. The van der Waals surface area contributed by atoms with E-state index in [-0.39, 0.29) is 30.5 Å². The van der Waals surface area contributed by atoms with Crippen molar-refractivity contribution in [1.82, 2.24) is 19.7 Å². The standard InChI is InChI=1S/C26H36N4O3S/c1-4-24-27-22(18-34-24)16-28-12-14-29(15-13-28)26(32)21-8-10-23(11-9-21)33-17-25(31)30-19(2)6-5-7-20(30)3/h8-11,18-20H,4-7,12-17H2,1-3H3. The molecule has 0 radical (unpaired) electrons. The average molecular weight is 485 g/mol. The number of benzene rings is 1. The molecule has 0 saturated carbocycles. The number of nitrogens with zero attached hydrogens (tertiary/aromatic N) is 4. The van der Waals surface area contributed by atoms with Gasteiger partial charge in [-0.05, 0) is 63.8 Å². The molecule has 8 heteroatoms. The number of carbonyl (C=O) groups excluding carboxylic acids is 2. The number of rotatable bonds is 7. The third kappa shape index (κ3) is 5.96. The molecule has 0 spiro atoms. The van der Waals surface area contributed by atoms with E-state index in [9.17, 15) is 9.59 Å². The van der Waals surface area contributed by atoms with Gasteiger partial charge < -0.3 is 14.5 Å². The summed E-state index contributed by atoms with van der Waals surface area (Å²) in [6, 6.07) is 7.68. The predicted octanol–water partition coefficient (Wildman–Crippen LogP) is 3.83. The van der Waals surface area contributed by atoms with E-state index in [0.29, 0.717) is 24.4 Å². The Balaban J connectivity index is 1.24. The van der Waals surface area contributed by atoms with Gasteiger partial charge in [0.25, 0.3) is 11.8 Å². The van der Waals surface area contributed by atoms with Gasteiger partial charge in [-0.15, -0.1) is 11.3 Å². The summed E-state index contributed by atoms with van der Waals surface area (Å²) in [5.41, 5.74) is 1.78. The van der Waals surface area contributed by atoms with Crippen molar-refractivity contribution in [1.29, 1.82) is 0 Å². The van der Waals surface area contributed by atoms with Crippen LogP contribution in [0.1, 0.15) is 61.1 Å². The molecule has 2 aliphatic rings. The second-order valence-corrected chi connectivity index (χ2v) is 10.3. The highest BCUT2D eigenvalue weighted by Gasteiger charge is 2.29. The fourth-order valence-corrected chi connectivity index (χ4v) is 5.67. The molecule has 2 fully saturated rings. The first kappa shape index (κ1) is 24.7. The first-order valence-corrected chi connectivity index (χ1v) is 13.3. The van der Waals surface area contributed by atoms with Gasteiger partial charge in [0.05, 0.1) is 10.7 Å². The second kappa shape index (κ2) is 11.3. The Kier molecular flexibility index (Phi) is 8.21. The number of aryl methyl sites for hydroxylation is 1. The van der Waals surface area contributed by atoms with E-state index < -0.39 is 0 Å². The van der Waals surface area contributed by atoms with Crippen molar-refractivity contribution >= 4 is 23.2 Å². The Labute approximate surface area is 206 Å². The Bertz CT molecular complexity index is 959. The third-order valence-corrected chi connectivity index (χ3v) is 7.93. The van der Waals surface area contributed by atoms with Gasteiger partial charge in [-0.2, -0.15) is 0 Å². The number of hydrogen-bond acceptors (Lipinski definition) is 6. The van der Waals surface area contributed by atoms with Crippen LogP contribution in [0.25, 0.3) is 0 Å². The Morgan fingerprint density at radius 3 is 2.35 bits per heavy atom. The van der Waals surface area contributed by atoms with Crippen molar-refractivity contribution in [2.45, 2.75) is 65.1 Å². The highest BCUT2D eigenvalue weighted by molar-refractivity contribution is 7.09. The summed E-state index contributed by atoms with van der Waals surface area (Å²) in [5.74, 6) is 0.684. The van der Waals surface area contributed by atoms with Crippen molar-refractivity contribution in [2.75, 3.05) is 32.8 Å². The van der Waals surface area contributed by atoms with E-state index in [4.69, 9.17) is 4.74 Å². The van der Waals surface area contributed by atoms with Gasteiger partial charge in [0, 0.05) is 55.8 Å². The highest BCUT2D eigenvalue weighted by atomic mass is 32.1. The largest absolute Gasteiger partial charge is 0.484 e. The van der Waals surface area contributed by atoms with Crippen molar-refractivity contribution in [2.24, 2.45) is 0 Å². The maximum Gasteiger partial charge on any atom is 0.260 e. The lowest BCUT2D eigenvalue weighted by atomic mass is 9.97. The van der Waals surface area contributed by atoms with Crippen LogP contribution in [0.2, 0.25) is 0 Å². The molecule has 2 aromatic rings. The number of thiazole rings is 1. The Hall–Kier alpha value is -2.45. The number of amides is 2. The van der Waals surface area contributed by atoms with Crippen LogP contribution in [-0.4, -0.2) is 76.4 Å². The molecule has 3 heterocycles. The predicted molar refractivity (Wildman–Crippen MR) is 134 cm³/mol. The maximum absolute atomic E-state index is 13.0. The number of likely N-dealkylation sites (tertiary alicyclic amines) is 1. The molecule has 0 bridgehead atoms. The highest BCUT2D eigenvalue weighted by Crippen LogP contribution is 2.23. The molecule has 2 amide bonds. The smallest absolute Gasteiger partial charge is 0.260 e. The lowest BCUT2D eigenvalue weighted by Crippen LogP contribution is -2.49. The molecule has 7 nitrogen and oxygen atoms in total. The van der Waals surface area contributed by atoms with Gasteiger partial charge in [-0.25, -0.2) is 4.98 Å². The first-order valence-electron chi connectivity index (χ1n) is 12.4. The summed E-state index contributed by atoms with van der Waals surface area (Å²) in [7, 11) is 0. The molecule has 2 aliphatic heterocycles. The summed E-state index contributed by atoms with van der Waals surface area (Å²) >= 11 is 1.72. The zero-order valence-corrected chi connectivity index (χ0v) is 21.4. The van der Waals surface area contributed by atoms with Crippen LogP contribution < -0.4 is 4.74 Å². The molecule has 2 saturated heterocycles. The normalized spacial score (nSPS) is 21.5. The van der Waals surface area contributed by atoms with Gasteiger partial charge in [0.1, 0.15) is 5.75 Å². The number of ether oxygens (including phenoxy) is 1. The molecule has 2 atom stereocenters. The summed E-state index contributed by atoms with van der Waals surface area (Å²) in [6.07, 6.45) is 4.24. The SMILES string of the molecule is CCc1nc(CN2CCN(C(=O)c3ccc(OCC(=O)N4C(C)CCCC4C)cc3)CC2)cs1. The number of piperazine rings is 1. The van der Waals surface area contributed by atoms with E-state index in [1.807, 2.05) is 9.80 Å². The summed E-state index contributed by atoms with van der Waals surface area (Å²) in [5, 5.41) is 3.32. The van der Waals surface area contributed by atoms with Crippen LogP contribution in [0.5, 0.6) is 5.75 Å². The summed E-state index contributed by atoms with van der Waals surface area (Å²) in [4.78, 5) is 36.5. The van der Waals surface area contributed by atoms with Crippen LogP contribution in [-0.2, 0) is 17.8 Å². The Morgan fingerprint density at radius 1 is 1.06 bits per heavy atom. The van der Waals surface area contributed by atoms with E-state index >= 15 is 0 Å². The molecule has 0 aliphatic carbocycles. The van der Waals surface area contributed by atoms with Crippen molar-refractivity contribution in [3.8, 4) is 5.75 Å². The van der Waals surface area contributed by atoms with Crippen LogP contribution in [0.4, 0.5) is 0 Å². The van der Waals surface area contributed by atoms with Crippen molar-refractivity contribution in [3.05, 3.63) is 45.9 Å². The zero-order valence-electron chi connectivity index (χ0n) is 20.5. The molecule has 0 N–H and O–H groups in total. The van der Waals surface area contributed by atoms with E-state index in [1.165, 1.54) is 11.4 Å². The monoisotopic (exact) mass is 484 g/mol. The second-order valence-electron chi connectivity index (χ2n) is 9.40. The molecule has 2 unspecified atom stereocenters. The van der Waals surface area contributed by atoms with E-state index in [2.05, 4.69) is 36.0 Å². The lowest BCUT2D eigenvalue weighted by molar-refractivity contribution is -0.139. The van der Waals surface area contributed by atoms with E-state index in [0.717, 1.165) is 44.6 Å². The van der Waals surface area contributed by atoms with Gasteiger partial charge in [-0.1, -0.05) is 6.92 Å². The van der Waals surface area contributed by atoms with Gasteiger partial charge in [0.15, 0.2) is 6.61 Å². The molecule has 184 valence electrons. The maximum atomic E-state index is 13.0. The van der Waals surface area contributed by atoms with Crippen LogP contribution in [0.3, 0.4) is 0 Å². The molecule has 1 aromatic heterocycles. The summed E-state index contributed by atoms with van der Waals surface area (Å²) in [6.45, 7) is 10.3. The lowest BCUT2D eigenvalue weighted by Gasteiger charge is -2.39. The molecular formula is C26H36N4O3S. The first-order chi connectivity index (χ1) is 16.4. The zero-order chi connectivity index (χ0) is 24.1. The number of piperidine rings is 1. The van der Waals surface area contributed by atoms with E-state index in [1.54, 1.807) is 35.6 Å². The molecular weight excluding hydrogens is 448 g/mol. The molecule has 34 heavy (non-hydrogen) atoms. The minimum Gasteiger partial charge on any atom is -0.484 e. The van der Waals surface area contributed by atoms with Crippen LogP contribution in [0.15, 0.2) is 29.6 Å². The average Bonchev–Trinajstić information content (AvgIpc) is 3.30. The minimum atomic E-state index is 0.0290. The third-order valence-electron chi connectivity index (χ3n) is 6.89. The van der Waals surface area contributed by atoms with Crippen molar-refractivity contribution < 1.29 is 14.3 Å². The van der Waals surface area contributed by atoms with Gasteiger partial charge in [-0.3, -0.25) is 14.5 Å². The Morgan fingerprint density at radius 2 is 1.74 bits per heavy atom. The fourth-order valence-electron chi connectivity index (χ4n) is 4.93. The number of aromatic nitrogens is 1. The van der Waals surface area contributed by atoms with Gasteiger partial charge >= 0.3 is 0 Å². The molecule has 4 rings (SSSR count). The number of carbonyl (C=O) groups is 2. The number of hydrogen-bond donors (Lipinski definition) is 0. The fraction of sp³-hybridized carbons (Fsp3) is 0.577. The summed E-state index contributed by atoms with van der Waals surface area (Å²) < 4.78 is 5.75. The minimum absolute atomic E-state index is 0.0290.